The molecule has 1 aliphatic heterocycles. The van der Waals surface area contributed by atoms with Crippen LogP contribution in [0.15, 0.2) is 78.9 Å². The van der Waals surface area contributed by atoms with Gasteiger partial charge in [0.2, 0.25) is 5.91 Å². The summed E-state index contributed by atoms with van der Waals surface area (Å²) in [5, 5.41) is 2.92. The van der Waals surface area contributed by atoms with E-state index in [2.05, 4.69) is 5.32 Å². The number of rotatable bonds is 6. The van der Waals surface area contributed by atoms with Gasteiger partial charge in [0.15, 0.2) is 5.75 Å². The van der Waals surface area contributed by atoms with Gasteiger partial charge in [-0.15, -0.1) is 0 Å². The van der Waals surface area contributed by atoms with Gasteiger partial charge in [-0.25, -0.2) is 0 Å². The zero-order valence-electron chi connectivity index (χ0n) is 16.0. The Morgan fingerprint density at radius 2 is 1.66 bits per heavy atom. The number of ether oxygens (including phenoxy) is 1. The molecule has 0 atom stereocenters. The van der Waals surface area contributed by atoms with E-state index in [9.17, 15) is 9.59 Å². The molecule has 5 heteroatoms. The lowest BCUT2D eigenvalue weighted by atomic mass is 10.1. The van der Waals surface area contributed by atoms with Crippen LogP contribution >= 0.6 is 0 Å². The normalized spacial score (nSPS) is 13.4. The van der Waals surface area contributed by atoms with Crippen LogP contribution in [-0.4, -0.2) is 23.3 Å². The monoisotopic (exact) mass is 386 g/mol. The van der Waals surface area contributed by atoms with Crippen LogP contribution in [-0.2, 0) is 11.3 Å². The van der Waals surface area contributed by atoms with Crippen LogP contribution in [0.4, 0.5) is 5.69 Å². The highest BCUT2D eigenvalue weighted by atomic mass is 16.5. The Hall–Kier alpha value is -3.60. The van der Waals surface area contributed by atoms with Crippen LogP contribution in [0.25, 0.3) is 0 Å². The van der Waals surface area contributed by atoms with Crippen LogP contribution < -0.4 is 10.1 Å². The van der Waals surface area contributed by atoms with E-state index in [4.69, 9.17) is 4.74 Å². The predicted molar refractivity (Wildman–Crippen MR) is 112 cm³/mol. The maximum Gasteiger partial charge on any atom is 0.255 e. The maximum absolute atomic E-state index is 12.7. The molecule has 146 valence electrons. The van der Waals surface area contributed by atoms with Gasteiger partial charge in [-0.3, -0.25) is 9.59 Å². The number of carbonyl (C=O) groups is 2. The summed E-state index contributed by atoms with van der Waals surface area (Å²) in [4.78, 5) is 26.3. The fourth-order valence-electron chi connectivity index (χ4n) is 3.32. The molecule has 29 heavy (non-hydrogen) atoms. The van der Waals surface area contributed by atoms with Crippen molar-refractivity contribution >= 4 is 17.5 Å². The highest BCUT2D eigenvalue weighted by molar-refractivity contribution is 6.05. The van der Waals surface area contributed by atoms with E-state index in [1.54, 1.807) is 12.1 Å². The van der Waals surface area contributed by atoms with Crippen molar-refractivity contribution < 1.29 is 14.3 Å². The number of nitrogens with one attached hydrogen (secondary N) is 1. The number of carbonyl (C=O) groups excluding carboxylic acids is 2. The second-order valence-electron chi connectivity index (χ2n) is 6.98. The van der Waals surface area contributed by atoms with Gasteiger partial charge in [0, 0.05) is 25.1 Å². The van der Waals surface area contributed by atoms with Gasteiger partial charge in [-0.2, -0.15) is 0 Å². The van der Waals surface area contributed by atoms with Crippen molar-refractivity contribution in [3.63, 3.8) is 0 Å². The molecule has 4 rings (SSSR count). The Balaban J connectivity index is 1.43. The molecule has 1 heterocycles. The number of anilines is 1. The molecule has 0 aromatic heterocycles. The Bertz CT molecular complexity index is 1000. The van der Waals surface area contributed by atoms with Gasteiger partial charge in [-0.1, -0.05) is 42.5 Å². The van der Waals surface area contributed by atoms with Crippen LogP contribution in [0.3, 0.4) is 0 Å². The van der Waals surface area contributed by atoms with E-state index in [0.29, 0.717) is 35.7 Å². The largest absolute Gasteiger partial charge is 0.455 e. The molecule has 3 aromatic carbocycles. The summed E-state index contributed by atoms with van der Waals surface area (Å²) in [5.74, 6) is 1.27. The molecule has 1 N–H and O–H groups in total. The molecule has 0 unspecified atom stereocenters. The zero-order chi connectivity index (χ0) is 20.1. The number of para-hydroxylation sites is 3. The molecule has 0 saturated carbocycles. The molecule has 3 aromatic rings. The summed E-state index contributed by atoms with van der Waals surface area (Å²) in [6.07, 6.45) is 1.55. The first-order chi connectivity index (χ1) is 14.2. The smallest absolute Gasteiger partial charge is 0.255 e. The molecule has 5 nitrogen and oxygen atoms in total. The molecule has 0 bridgehead atoms. The first-order valence-corrected chi connectivity index (χ1v) is 9.69. The predicted octanol–water partition coefficient (Wildman–Crippen LogP) is 4.85. The summed E-state index contributed by atoms with van der Waals surface area (Å²) in [6.45, 7) is 1.40. The molecule has 1 saturated heterocycles. The number of benzene rings is 3. The van der Waals surface area contributed by atoms with Crippen LogP contribution in [0.1, 0.15) is 28.8 Å². The van der Waals surface area contributed by atoms with Gasteiger partial charge in [-0.05, 0) is 48.4 Å². The molecular weight excluding hydrogens is 364 g/mol. The SMILES string of the molecule is O=C(Nc1ccccc1Oc1ccccc1)c1ccc(CN2CCCC2=O)cc1. The summed E-state index contributed by atoms with van der Waals surface area (Å²) in [6, 6.07) is 24.1. The number of hydrogen-bond donors (Lipinski definition) is 1. The summed E-state index contributed by atoms with van der Waals surface area (Å²) in [7, 11) is 0. The first kappa shape index (κ1) is 18.7. The average molecular weight is 386 g/mol. The number of likely N-dealkylation sites (tertiary alicyclic amines) is 1. The minimum atomic E-state index is -0.210. The number of hydrogen-bond acceptors (Lipinski definition) is 3. The van der Waals surface area contributed by atoms with Gasteiger partial charge in [0.1, 0.15) is 5.75 Å². The highest BCUT2D eigenvalue weighted by Gasteiger charge is 2.20. The molecule has 1 fully saturated rings. The van der Waals surface area contributed by atoms with Crippen molar-refractivity contribution in [3.8, 4) is 11.5 Å². The van der Waals surface area contributed by atoms with Crippen molar-refractivity contribution in [2.75, 3.05) is 11.9 Å². The lowest BCUT2D eigenvalue weighted by Crippen LogP contribution is -2.23. The Kier molecular flexibility index (Phi) is 5.56. The molecule has 2 amide bonds. The van der Waals surface area contributed by atoms with Crippen molar-refractivity contribution in [2.24, 2.45) is 0 Å². The van der Waals surface area contributed by atoms with Gasteiger partial charge < -0.3 is 15.0 Å². The number of nitrogens with zero attached hydrogens (tertiary/aromatic N) is 1. The lowest BCUT2D eigenvalue weighted by molar-refractivity contribution is -0.128. The van der Waals surface area contributed by atoms with Crippen molar-refractivity contribution in [1.29, 1.82) is 0 Å². The Morgan fingerprint density at radius 3 is 2.38 bits per heavy atom. The fourth-order valence-corrected chi connectivity index (χ4v) is 3.32. The summed E-state index contributed by atoms with van der Waals surface area (Å²) < 4.78 is 5.90. The maximum atomic E-state index is 12.7. The highest BCUT2D eigenvalue weighted by Crippen LogP contribution is 2.29. The Morgan fingerprint density at radius 1 is 0.931 bits per heavy atom. The van der Waals surface area contributed by atoms with Crippen molar-refractivity contribution in [1.82, 2.24) is 4.90 Å². The second-order valence-corrected chi connectivity index (χ2v) is 6.98. The Labute approximate surface area is 169 Å². The summed E-state index contributed by atoms with van der Waals surface area (Å²) in [5.41, 5.74) is 2.17. The van der Waals surface area contributed by atoms with E-state index < -0.39 is 0 Å². The van der Waals surface area contributed by atoms with E-state index in [1.165, 1.54) is 0 Å². The average Bonchev–Trinajstić information content (AvgIpc) is 3.15. The van der Waals surface area contributed by atoms with Gasteiger partial charge >= 0.3 is 0 Å². The van der Waals surface area contributed by atoms with E-state index >= 15 is 0 Å². The topological polar surface area (TPSA) is 58.6 Å². The molecule has 0 aliphatic carbocycles. The first-order valence-electron chi connectivity index (χ1n) is 9.69. The van der Waals surface area contributed by atoms with Crippen LogP contribution in [0.2, 0.25) is 0 Å². The van der Waals surface area contributed by atoms with Crippen LogP contribution in [0, 0.1) is 0 Å². The van der Waals surface area contributed by atoms with Crippen molar-refractivity contribution in [3.05, 3.63) is 90.0 Å². The summed E-state index contributed by atoms with van der Waals surface area (Å²) >= 11 is 0. The van der Waals surface area contributed by atoms with Gasteiger partial charge in [0.05, 0.1) is 5.69 Å². The molecular formula is C24H22N2O3. The standard InChI is InChI=1S/C24H22N2O3/c27-23-11-6-16-26(23)17-18-12-14-19(15-13-18)24(28)25-21-9-4-5-10-22(21)29-20-7-2-1-3-8-20/h1-5,7-10,12-15H,6,11,16-17H2,(H,25,28). The molecule has 0 radical (unpaired) electrons. The lowest BCUT2D eigenvalue weighted by Gasteiger charge is -2.16. The second kappa shape index (κ2) is 8.61. The molecule has 1 aliphatic rings. The van der Waals surface area contributed by atoms with E-state index in [0.717, 1.165) is 18.5 Å². The third-order valence-corrected chi connectivity index (χ3v) is 4.87. The number of amides is 2. The van der Waals surface area contributed by atoms with E-state index in [-0.39, 0.29) is 11.8 Å². The molecule has 0 spiro atoms. The van der Waals surface area contributed by atoms with Crippen LogP contribution in [0.5, 0.6) is 11.5 Å². The zero-order valence-corrected chi connectivity index (χ0v) is 16.0. The van der Waals surface area contributed by atoms with E-state index in [1.807, 2.05) is 71.6 Å². The quantitative estimate of drug-likeness (QED) is 0.659. The minimum absolute atomic E-state index is 0.196. The minimum Gasteiger partial charge on any atom is -0.455 e. The fraction of sp³-hybridized carbons (Fsp3) is 0.167. The van der Waals surface area contributed by atoms with Crippen molar-refractivity contribution in [2.45, 2.75) is 19.4 Å². The third kappa shape index (κ3) is 4.63. The van der Waals surface area contributed by atoms with Gasteiger partial charge in [0.25, 0.3) is 5.91 Å². The third-order valence-electron chi connectivity index (χ3n) is 4.87.